The van der Waals surface area contributed by atoms with Crippen LogP contribution in [0.4, 0.5) is 24.7 Å². The number of benzene rings is 1. The molecule has 0 fully saturated rings. The third-order valence-corrected chi connectivity index (χ3v) is 3.27. The Balaban J connectivity index is 2.06. The number of aromatic nitrogens is 2. The van der Waals surface area contributed by atoms with Crippen LogP contribution in [0.25, 0.3) is 0 Å². The quantitative estimate of drug-likeness (QED) is 0.596. The summed E-state index contributed by atoms with van der Waals surface area (Å²) in [6.07, 6.45) is 4.31. The van der Waals surface area contributed by atoms with E-state index in [4.69, 9.17) is 0 Å². The number of unbranched alkanes of at least 4 members (excludes halogenated alkanes) is 2. The Bertz CT molecular complexity index is 724. The lowest BCUT2D eigenvalue weighted by atomic mass is 10.2. The Hall–Kier alpha value is -2.64. The molecular formula is C16H17F3N4O. The summed E-state index contributed by atoms with van der Waals surface area (Å²) in [4.78, 5) is 19.9. The first-order chi connectivity index (χ1) is 11.5. The second-order valence-electron chi connectivity index (χ2n) is 5.10. The molecule has 1 aromatic heterocycles. The highest BCUT2D eigenvalue weighted by atomic mass is 19.2. The number of carbonyl (C=O) groups excluding carboxylic acids is 1. The second kappa shape index (κ2) is 8.28. The van der Waals surface area contributed by atoms with E-state index < -0.39 is 29.0 Å². The third-order valence-electron chi connectivity index (χ3n) is 3.27. The van der Waals surface area contributed by atoms with Crippen LogP contribution in [0.5, 0.6) is 0 Å². The Morgan fingerprint density at radius 2 is 1.92 bits per heavy atom. The molecule has 0 aliphatic rings. The molecule has 5 nitrogen and oxygen atoms in total. The van der Waals surface area contributed by atoms with Crippen LogP contribution in [0.1, 0.15) is 36.7 Å². The van der Waals surface area contributed by atoms with Gasteiger partial charge in [0, 0.05) is 12.6 Å². The van der Waals surface area contributed by atoms with E-state index in [9.17, 15) is 18.0 Å². The van der Waals surface area contributed by atoms with Crippen molar-refractivity contribution < 1.29 is 18.0 Å². The summed E-state index contributed by atoms with van der Waals surface area (Å²) in [6, 6.07) is 3.07. The summed E-state index contributed by atoms with van der Waals surface area (Å²) >= 11 is 0. The molecule has 0 unspecified atom stereocenters. The molecule has 0 bridgehead atoms. The maximum Gasteiger partial charge on any atom is 0.274 e. The molecule has 8 heteroatoms. The fraction of sp³-hybridized carbons (Fsp3) is 0.312. The summed E-state index contributed by atoms with van der Waals surface area (Å²) in [7, 11) is 0. The van der Waals surface area contributed by atoms with Crippen molar-refractivity contribution in [2.75, 3.05) is 17.2 Å². The van der Waals surface area contributed by atoms with Gasteiger partial charge in [0.15, 0.2) is 17.5 Å². The highest BCUT2D eigenvalue weighted by Crippen LogP contribution is 2.20. The minimum Gasteiger partial charge on any atom is -0.370 e. The first kappa shape index (κ1) is 17.7. The van der Waals surface area contributed by atoms with Gasteiger partial charge in [-0.1, -0.05) is 19.8 Å². The highest BCUT2D eigenvalue weighted by molar-refractivity contribution is 6.03. The van der Waals surface area contributed by atoms with Crippen LogP contribution >= 0.6 is 0 Å². The minimum absolute atomic E-state index is 0.0212. The molecule has 0 saturated carbocycles. The van der Waals surface area contributed by atoms with Crippen LogP contribution in [0.15, 0.2) is 24.5 Å². The maximum absolute atomic E-state index is 13.6. The van der Waals surface area contributed by atoms with Crippen LogP contribution in [0.2, 0.25) is 0 Å². The Morgan fingerprint density at radius 3 is 2.67 bits per heavy atom. The molecule has 0 aliphatic heterocycles. The van der Waals surface area contributed by atoms with E-state index in [1.54, 1.807) is 0 Å². The van der Waals surface area contributed by atoms with Crippen molar-refractivity contribution in [3.8, 4) is 0 Å². The predicted octanol–water partition coefficient (Wildman–Crippen LogP) is 3.75. The molecule has 128 valence electrons. The van der Waals surface area contributed by atoms with Crippen molar-refractivity contribution >= 4 is 17.4 Å². The van der Waals surface area contributed by atoms with Gasteiger partial charge in [-0.3, -0.25) is 4.79 Å². The maximum atomic E-state index is 13.6. The van der Waals surface area contributed by atoms with Crippen molar-refractivity contribution in [1.29, 1.82) is 0 Å². The molecule has 1 heterocycles. The number of halogens is 3. The topological polar surface area (TPSA) is 66.9 Å². The molecule has 0 radical (unpaired) electrons. The number of amides is 1. The number of nitrogens with zero attached hydrogens (tertiary/aromatic N) is 2. The fourth-order valence-corrected chi connectivity index (χ4v) is 1.98. The van der Waals surface area contributed by atoms with Crippen molar-refractivity contribution in [2.45, 2.75) is 26.2 Å². The molecule has 24 heavy (non-hydrogen) atoms. The van der Waals surface area contributed by atoms with E-state index in [-0.39, 0.29) is 5.69 Å². The van der Waals surface area contributed by atoms with E-state index >= 15 is 0 Å². The molecular weight excluding hydrogens is 321 g/mol. The molecule has 1 aromatic carbocycles. The van der Waals surface area contributed by atoms with Crippen molar-refractivity contribution in [2.24, 2.45) is 0 Å². The molecule has 0 atom stereocenters. The Morgan fingerprint density at radius 1 is 1.12 bits per heavy atom. The molecule has 0 aliphatic carbocycles. The van der Waals surface area contributed by atoms with E-state index in [0.29, 0.717) is 12.4 Å². The summed E-state index contributed by atoms with van der Waals surface area (Å²) in [5, 5.41) is 5.21. The number of nitrogens with one attached hydrogen (secondary N) is 2. The van der Waals surface area contributed by atoms with Gasteiger partial charge in [0.1, 0.15) is 17.8 Å². The molecule has 2 rings (SSSR count). The number of hydrogen-bond acceptors (Lipinski definition) is 4. The number of hydrogen-bond donors (Lipinski definition) is 2. The van der Waals surface area contributed by atoms with E-state index in [0.717, 1.165) is 31.4 Å². The summed E-state index contributed by atoms with van der Waals surface area (Å²) in [5.41, 5.74) is -0.484. The van der Waals surface area contributed by atoms with Crippen LogP contribution < -0.4 is 10.6 Å². The Labute approximate surface area is 137 Å². The van der Waals surface area contributed by atoms with Crippen molar-refractivity contribution in [3.63, 3.8) is 0 Å². The SMILES string of the molecule is CCCCCNc1cc(C(=O)Nc2ccc(F)c(F)c2F)ncn1. The fourth-order valence-electron chi connectivity index (χ4n) is 1.98. The van der Waals surface area contributed by atoms with Gasteiger partial charge in [0.2, 0.25) is 0 Å². The average Bonchev–Trinajstić information content (AvgIpc) is 2.59. The predicted molar refractivity (Wildman–Crippen MR) is 84.3 cm³/mol. The van der Waals surface area contributed by atoms with E-state index in [2.05, 4.69) is 27.5 Å². The largest absolute Gasteiger partial charge is 0.370 e. The first-order valence-corrected chi connectivity index (χ1v) is 7.53. The van der Waals surface area contributed by atoms with Gasteiger partial charge in [-0.25, -0.2) is 23.1 Å². The van der Waals surface area contributed by atoms with Gasteiger partial charge in [0.25, 0.3) is 5.91 Å². The number of rotatable bonds is 7. The third kappa shape index (κ3) is 4.43. The van der Waals surface area contributed by atoms with Gasteiger partial charge >= 0.3 is 0 Å². The Kier molecular flexibility index (Phi) is 6.11. The van der Waals surface area contributed by atoms with Gasteiger partial charge in [-0.15, -0.1) is 0 Å². The molecule has 1 amide bonds. The minimum atomic E-state index is -1.64. The number of anilines is 2. The summed E-state index contributed by atoms with van der Waals surface area (Å²) < 4.78 is 39.6. The zero-order chi connectivity index (χ0) is 17.5. The van der Waals surface area contributed by atoms with Gasteiger partial charge in [0.05, 0.1) is 5.69 Å². The second-order valence-corrected chi connectivity index (χ2v) is 5.10. The lowest BCUT2D eigenvalue weighted by Crippen LogP contribution is -2.16. The molecule has 2 N–H and O–H groups in total. The lowest BCUT2D eigenvalue weighted by molar-refractivity contribution is 0.102. The molecule has 0 saturated heterocycles. The zero-order valence-electron chi connectivity index (χ0n) is 13.1. The van der Waals surface area contributed by atoms with Crippen LogP contribution in [0, 0.1) is 17.5 Å². The van der Waals surface area contributed by atoms with Crippen LogP contribution in [-0.2, 0) is 0 Å². The standard InChI is InChI=1S/C16H17F3N4O/c1-2-3-4-7-20-13-8-12(21-9-22-13)16(24)23-11-6-5-10(17)14(18)15(11)19/h5-6,8-9H,2-4,7H2,1H3,(H,23,24)(H,20,21,22). The highest BCUT2D eigenvalue weighted by Gasteiger charge is 2.17. The molecule has 2 aromatic rings. The van der Waals surface area contributed by atoms with Crippen LogP contribution in [0.3, 0.4) is 0 Å². The lowest BCUT2D eigenvalue weighted by Gasteiger charge is -2.08. The van der Waals surface area contributed by atoms with E-state index in [1.165, 1.54) is 12.4 Å². The first-order valence-electron chi connectivity index (χ1n) is 7.53. The molecule has 0 spiro atoms. The average molecular weight is 338 g/mol. The van der Waals surface area contributed by atoms with E-state index in [1.807, 2.05) is 0 Å². The monoisotopic (exact) mass is 338 g/mol. The number of carbonyl (C=O) groups is 1. The summed E-state index contributed by atoms with van der Waals surface area (Å²) in [6.45, 7) is 2.79. The van der Waals surface area contributed by atoms with Crippen molar-refractivity contribution in [3.05, 3.63) is 47.7 Å². The van der Waals surface area contributed by atoms with Gasteiger partial charge < -0.3 is 10.6 Å². The van der Waals surface area contributed by atoms with Gasteiger partial charge in [-0.05, 0) is 18.6 Å². The van der Waals surface area contributed by atoms with Crippen LogP contribution in [-0.4, -0.2) is 22.4 Å². The zero-order valence-corrected chi connectivity index (χ0v) is 13.1. The summed E-state index contributed by atoms with van der Waals surface area (Å²) in [5.74, 6) is -4.73. The smallest absolute Gasteiger partial charge is 0.274 e. The van der Waals surface area contributed by atoms with Gasteiger partial charge in [-0.2, -0.15) is 0 Å². The van der Waals surface area contributed by atoms with Crippen molar-refractivity contribution in [1.82, 2.24) is 9.97 Å². The normalized spacial score (nSPS) is 10.5.